The van der Waals surface area contributed by atoms with Gasteiger partial charge in [0.1, 0.15) is 0 Å². The topological polar surface area (TPSA) is 64.3 Å². The number of nitrogens with one attached hydrogen (secondary N) is 1. The normalized spacial score (nSPS) is 11.8. The average Bonchev–Trinajstić information content (AvgIpc) is 2.45. The fourth-order valence-corrected chi connectivity index (χ4v) is 1.77. The molecule has 0 radical (unpaired) electrons. The summed E-state index contributed by atoms with van der Waals surface area (Å²) in [6, 6.07) is 11.7. The number of nitrogen functional groups attached to an aromatic ring is 1. The van der Waals surface area contributed by atoms with Gasteiger partial charge in [0, 0.05) is 17.4 Å². The SMILES string of the molecule is Cc1cc(OC(C)C(=O)Nc2ccccc2)c(F)cc1N. The minimum Gasteiger partial charge on any atom is -0.478 e. The number of hydrogen-bond acceptors (Lipinski definition) is 3. The number of amides is 1. The summed E-state index contributed by atoms with van der Waals surface area (Å²) in [4.78, 5) is 12.0. The summed E-state index contributed by atoms with van der Waals surface area (Å²) in [5.74, 6) is -0.926. The molecule has 2 aromatic rings. The molecule has 110 valence electrons. The van der Waals surface area contributed by atoms with Crippen LogP contribution in [0.2, 0.25) is 0 Å². The summed E-state index contributed by atoms with van der Waals surface area (Å²) >= 11 is 0. The molecule has 4 nitrogen and oxygen atoms in total. The Balaban J connectivity index is 2.06. The second-order valence-corrected chi connectivity index (χ2v) is 4.75. The van der Waals surface area contributed by atoms with Crippen LogP contribution in [0.15, 0.2) is 42.5 Å². The average molecular weight is 288 g/mol. The number of para-hydroxylation sites is 1. The summed E-state index contributed by atoms with van der Waals surface area (Å²) in [7, 11) is 0. The van der Waals surface area contributed by atoms with Gasteiger partial charge in [-0.25, -0.2) is 4.39 Å². The van der Waals surface area contributed by atoms with E-state index in [0.29, 0.717) is 16.9 Å². The number of carbonyl (C=O) groups excluding carboxylic acids is 1. The van der Waals surface area contributed by atoms with E-state index in [0.717, 1.165) is 0 Å². The Kier molecular flexibility index (Phi) is 4.42. The molecule has 3 N–H and O–H groups in total. The van der Waals surface area contributed by atoms with Crippen LogP contribution in [0.1, 0.15) is 12.5 Å². The molecular weight excluding hydrogens is 271 g/mol. The lowest BCUT2D eigenvalue weighted by Crippen LogP contribution is -2.30. The molecule has 0 aliphatic rings. The highest BCUT2D eigenvalue weighted by Crippen LogP contribution is 2.24. The van der Waals surface area contributed by atoms with Crippen molar-refractivity contribution in [3.05, 3.63) is 53.8 Å². The maximum atomic E-state index is 13.7. The van der Waals surface area contributed by atoms with Crippen LogP contribution in [0.5, 0.6) is 5.75 Å². The third-order valence-electron chi connectivity index (χ3n) is 3.03. The summed E-state index contributed by atoms with van der Waals surface area (Å²) in [5.41, 5.74) is 7.31. The molecule has 0 aliphatic carbocycles. The van der Waals surface area contributed by atoms with Gasteiger partial charge in [0.25, 0.3) is 5.91 Å². The zero-order valence-corrected chi connectivity index (χ0v) is 11.9. The highest BCUT2D eigenvalue weighted by molar-refractivity contribution is 5.94. The van der Waals surface area contributed by atoms with Gasteiger partial charge in [-0.3, -0.25) is 4.79 Å². The lowest BCUT2D eigenvalue weighted by atomic mass is 10.2. The van der Waals surface area contributed by atoms with Gasteiger partial charge in [0.05, 0.1) is 0 Å². The van der Waals surface area contributed by atoms with Crippen LogP contribution in [-0.4, -0.2) is 12.0 Å². The van der Waals surface area contributed by atoms with Crippen LogP contribution in [0.3, 0.4) is 0 Å². The highest BCUT2D eigenvalue weighted by Gasteiger charge is 2.17. The van der Waals surface area contributed by atoms with Gasteiger partial charge in [-0.2, -0.15) is 0 Å². The molecule has 21 heavy (non-hydrogen) atoms. The Morgan fingerprint density at radius 2 is 1.95 bits per heavy atom. The predicted molar refractivity (Wildman–Crippen MR) is 80.7 cm³/mol. The van der Waals surface area contributed by atoms with Crippen molar-refractivity contribution in [1.82, 2.24) is 0 Å². The van der Waals surface area contributed by atoms with Crippen LogP contribution in [0.4, 0.5) is 15.8 Å². The van der Waals surface area contributed by atoms with Crippen LogP contribution >= 0.6 is 0 Å². The standard InChI is InChI=1S/C16H17FN2O2/c1-10-8-15(13(17)9-14(10)18)21-11(2)16(20)19-12-6-4-3-5-7-12/h3-9,11H,18H2,1-2H3,(H,19,20). The van der Waals surface area contributed by atoms with Gasteiger partial charge >= 0.3 is 0 Å². The summed E-state index contributed by atoms with van der Waals surface area (Å²) in [6.07, 6.45) is -0.831. The lowest BCUT2D eigenvalue weighted by molar-refractivity contribution is -0.122. The summed E-state index contributed by atoms with van der Waals surface area (Å²) in [5, 5.41) is 2.70. The van der Waals surface area contributed by atoms with Crippen molar-refractivity contribution in [3.8, 4) is 5.75 Å². The molecule has 0 bridgehead atoms. The molecule has 0 saturated carbocycles. The maximum absolute atomic E-state index is 13.7. The van der Waals surface area contributed by atoms with Crippen molar-refractivity contribution in [2.24, 2.45) is 0 Å². The number of carbonyl (C=O) groups is 1. The quantitative estimate of drug-likeness (QED) is 0.850. The molecule has 1 unspecified atom stereocenters. The van der Waals surface area contributed by atoms with Gasteiger partial charge in [0.15, 0.2) is 17.7 Å². The van der Waals surface area contributed by atoms with E-state index in [1.54, 1.807) is 26.0 Å². The second-order valence-electron chi connectivity index (χ2n) is 4.75. The molecule has 0 spiro atoms. The molecule has 2 aromatic carbocycles. The summed E-state index contributed by atoms with van der Waals surface area (Å²) in [6.45, 7) is 3.31. The molecule has 2 rings (SSSR count). The molecule has 0 heterocycles. The lowest BCUT2D eigenvalue weighted by Gasteiger charge is -2.16. The number of aryl methyl sites for hydroxylation is 1. The molecule has 0 saturated heterocycles. The predicted octanol–water partition coefficient (Wildman–Crippen LogP) is 3.12. The third kappa shape index (κ3) is 3.72. The summed E-state index contributed by atoms with van der Waals surface area (Å²) < 4.78 is 19.1. The molecule has 5 heteroatoms. The van der Waals surface area contributed by atoms with E-state index in [2.05, 4.69) is 5.32 Å². The molecule has 0 fully saturated rings. The first-order valence-corrected chi connectivity index (χ1v) is 6.55. The number of ether oxygens (including phenoxy) is 1. The first kappa shape index (κ1) is 14.8. The van der Waals surface area contributed by atoms with E-state index in [1.165, 1.54) is 12.1 Å². The zero-order valence-electron chi connectivity index (χ0n) is 11.9. The van der Waals surface area contributed by atoms with Gasteiger partial charge < -0.3 is 15.8 Å². The van der Waals surface area contributed by atoms with Crippen LogP contribution in [0, 0.1) is 12.7 Å². The van der Waals surface area contributed by atoms with E-state index >= 15 is 0 Å². The van der Waals surface area contributed by atoms with Crippen molar-refractivity contribution in [2.75, 3.05) is 11.1 Å². The fraction of sp³-hybridized carbons (Fsp3) is 0.188. The van der Waals surface area contributed by atoms with Crippen molar-refractivity contribution in [1.29, 1.82) is 0 Å². The Hall–Kier alpha value is -2.56. The monoisotopic (exact) mass is 288 g/mol. The Morgan fingerprint density at radius 1 is 1.29 bits per heavy atom. The first-order valence-electron chi connectivity index (χ1n) is 6.55. The first-order chi connectivity index (χ1) is 9.97. The Morgan fingerprint density at radius 3 is 2.62 bits per heavy atom. The minimum absolute atomic E-state index is 0.0115. The smallest absolute Gasteiger partial charge is 0.265 e. The van der Waals surface area contributed by atoms with Crippen molar-refractivity contribution < 1.29 is 13.9 Å². The van der Waals surface area contributed by atoms with E-state index in [1.807, 2.05) is 18.2 Å². The fourth-order valence-electron chi connectivity index (χ4n) is 1.77. The van der Waals surface area contributed by atoms with Gasteiger partial charge in [-0.1, -0.05) is 18.2 Å². The van der Waals surface area contributed by atoms with Crippen LogP contribution < -0.4 is 15.8 Å². The van der Waals surface area contributed by atoms with E-state index in [4.69, 9.17) is 10.5 Å². The number of benzene rings is 2. The number of anilines is 2. The largest absolute Gasteiger partial charge is 0.478 e. The zero-order chi connectivity index (χ0) is 15.4. The van der Waals surface area contributed by atoms with E-state index in [-0.39, 0.29) is 11.7 Å². The number of rotatable bonds is 4. The maximum Gasteiger partial charge on any atom is 0.265 e. The molecule has 1 amide bonds. The number of hydrogen-bond donors (Lipinski definition) is 2. The highest BCUT2D eigenvalue weighted by atomic mass is 19.1. The third-order valence-corrected chi connectivity index (χ3v) is 3.03. The van der Waals surface area contributed by atoms with Crippen molar-refractivity contribution in [3.63, 3.8) is 0 Å². The van der Waals surface area contributed by atoms with Gasteiger partial charge in [-0.15, -0.1) is 0 Å². The Bertz CT molecular complexity index is 644. The Labute approximate surface area is 122 Å². The number of halogens is 1. The van der Waals surface area contributed by atoms with Crippen molar-refractivity contribution >= 4 is 17.3 Å². The number of nitrogens with two attached hydrogens (primary N) is 1. The van der Waals surface area contributed by atoms with Crippen LogP contribution in [0.25, 0.3) is 0 Å². The van der Waals surface area contributed by atoms with E-state index in [9.17, 15) is 9.18 Å². The molecular formula is C16H17FN2O2. The van der Waals surface area contributed by atoms with Crippen molar-refractivity contribution in [2.45, 2.75) is 20.0 Å². The molecule has 1 atom stereocenters. The second kappa shape index (κ2) is 6.26. The molecule has 0 aliphatic heterocycles. The van der Waals surface area contributed by atoms with Crippen LogP contribution in [-0.2, 0) is 4.79 Å². The molecule has 0 aromatic heterocycles. The van der Waals surface area contributed by atoms with E-state index < -0.39 is 11.9 Å². The van der Waals surface area contributed by atoms with Gasteiger partial charge in [0.2, 0.25) is 0 Å². The minimum atomic E-state index is -0.831. The van der Waals surface area contributed by atoms with Gasteiger partial charge in [-0.05, 0) is 37.6 Å².